The van der Waals surface area contributed by atoms with E-state index in [2.05, 4.69) is 4.72 Å². The predicted octanol–water partition coefficient (Wildman–Crippen LogP) is 1.04. The molecule has 2 aromatic heterocycles. The number of nitrogens with one attached hydrogen (secondary N) is 1. The van der Waals surface area contributed by atoms with Gasteiger partial charge in [-0.05, 0) is 38.8 Å². The molecule has 4 rings (SSSR count). The van der Waals surface area contributed by atoms with Crippen molar-refractivity contribution >= 4 is 38.6 Å². The number of nitrogens with zero attached hydrogens (tertiary/aromatic N) is 5. The van der Waals surface area contributed by atoms with Crippen LogP contribution in [0.3, 0.4) is 0 Å². The molecule has 3 heterocycles. The summed E-state index contributed by atoms with van der Waals surface area (Å²) < 4.78 is 29.8. The number of piperidine rings is 1. The molecule has 1 atom stereocenters. The Morgan fingerprint density at radius 3 is 2.58 bits per heavy atom. The molecular formula is C25H33N7O5S. The van der Waals surface area contributed by atoms with Crippen molar-refractivity contribution < 1.29 is 13.2 Å². The molecule has 13 heteroatoms. The summed E-state index contributed by atoms with van der Waals surface area (Å²) in [6.45, 7) is 4.97. The maximum atomic E-state index is 13.8. The number of benzene rings is 1. The lowest BCUT2D eigenvalue weighted by molar-refractivity contribution is 0.0969. The molecule has 1 aliphatic rings. The largest absolute Gasteiger partial charge is 0.341 e. The zero-order chi connectivity index (χ0) is 27.8. The molecular weight excluding hydrogens is 510 g/mol. The monoisotopic (exact) mass is 543 g/mol. The molecule has 1 saturated heterocycles. The summed E-state index contributed by atoms with van der Waals surface area (Å²) in [4.78, 5) is 47.0. The van der Waals surface area contributed by atoms with E-state index in [1.807, 2.05) is 24.8 Å². The van der Waals surface area contributed by atoms with Gasteiger partial charge in [0.05, 0.1) is 18.5 Å². The van der Waals surface area contributed by atoms with Gasteiger partial charge >= 0.3 is 5.69 Å². The number of imidazole rings is 1. The topological polar surface area (TPSA) is 154 Å². The molecule has 0 saturated carbocycles. The van der Waals surface area contributed by atoms with Gasteiger partial charge in [0.25, 0.3) is 5.56 Å². The van der Waals surface area contributed by atoms with Crippen molar-refractivity contribution in [3.8, 4) is 0 Å². The minimum atomic E-state index is -3.66. The van der Waals surface area contributed by atoms with Gasteiger partial charge in [-0.1, -0.05) is 23.8 Å². The van der Waals surface area contributed by atoms with E-state index in [1.54, 1.807) is 16.7 Å². The van der Waals surface area contributed by atoms with Crippen LogP contribution in [0.1, 0.15) is 37.0 Å². The van der Waals surface area contributed by atoms with Gasteiger partial charge in [-0.2, -0.15) is 4.98 Å². The minimum absolute atomic E-state index is 0.0285. The fourth-order valence-corrected chi connectivity index (χ4v) is 5.20. The zero-order valence-corrected chi connectivity index (χ0v) is 22.8. The molecule has 3 N–H and O–H groups in total. The van der Waals surface area contributed by atoms with Gasteiger partial charge in [0, 0.05) is 38.3 Å². The average molecular weight is 544 g/mol. The van der Waals surface area contributed by atoms with Crippen molar-refractivity contribution in [1.82, 2.24) is 18.7 Å². The summed E-state index contributed by atoms with van der Waals surface area (Å²) in [5.74, 6) is -0.0422. The molecule has 1 aliphatic heterocycles. The number of hydrogen-bond acceptors (Lipinski definition) is 8. The van der Waals surface area contributed by atoms with E-state index in [-0.39, 0.29) is 28.5 Å². The Morgan fingerprint density at radius 1 is 1.21 bits per heavy atom. The highest BCUT2D eigenvalue weighted by Crippen LogP contribution is 2.23. The van der Waals surface area contributed by atoms with Crippen LogP contribution in [0.2, 0.25) is 0 Å². The number of ketones is 1. The molecule has 1 aromatic carbocycles. The first-order valence-corrected chi connectivity index (χ1v) is 14.2. The first-order chi connectivity index (χ1) is 17.9. The highest BCUT2D eigenvalue weighted by atomic mass is 32.2. The molecule has 12 nitrogen and oxygen atoms in total. The molecule has 204 valence electrons. The van der Waals surface area contributed by atoms with E-state index in [4.69, 9.17) is 10.7 Å². The number of anilines is 2. The van der Waals surface area contributed by atoms with Crippen LogP contribution in [0.4, 0.5) is 11.6 Å². The second-order valence-corrected chi connectivity index (χ2v) is 11.6. The molecule has 0 radical (unpaired) electrons. The Bertz CT molecular complexity index is 1640. The minimum Gasteiger partial charge on any atom is -0.341 e. The molecule has 0 spiro atoms. The number of aryl methyl sites for hydroxylation is 1. The van der Waals surface area contributed by atoms with Gasteiger partial charge in [0.2, 0.25) is 16.0 Å². The third-order valence-electron chi connectivity index (χ3n) is 6.46. The molecule has 38 heavy (non-hydrogen) atoms. The smallest absolute Gasteiger partial charge is 0.332 e. The third-order valence-corrected chi connectivity index (χ3v) is 7.05. The predicted molar refractivity (Wildman–Crippen MR) is 147 cm³/mol. The van der Waals surface area contributed by atoms with Gasteiger partial charge in [0.1, 0.15) is 0 Å². The number of carbonyl (C=O) groups excluding carboxylic acids is 1. The number of carbonyl (C=O) groups is 1. The van der Waals surface area contributed by atoms with Crippen molar-refractivity contribution in [3.05, 3.63) is 62.3 Å². The quantitative estimate of drug-likeness (QED) is 0.316. The van der Waals surface area contributed by atoms with Crippen LogP contribution in [0.15, 0.2) is 45.5 Å². The Hall–Kier alpha value is -3.71. The molecule has 0 bridgehead atoms. The number of allylic oxidation sites excluding steroid dienone is 2. The molecule has 1 fully saturated rings. The second kappa shape index (κ2) is 10.6. The van der Waals surface area contributed by atoms with Gasteiger partial charge < -0.3 is 15.2 Å². The molecule has 0 aliphatic carbocycles. The zero-order valence-electron chi connectivity index (χ0n) is 22.0. The number of hydrogen-bond donors (Lipinski definition) is 2. The standard InChI is InChI=1S/C25H33N7O5S/c1-16(2)11-13-31-21-22(27-24(31)30-12-7-8-17(26)14-30)29(3)25(35)32(23(21)34)15-20(33)18-9-5-6-10-19(18)28-38(4,36)37/h5-6,9-11,17,28H,7-8,12-15,26H2,1-4H3. The number of aromatic nitrogens is 4. The Kier molecular flexibility index (Phi) is 7.61. The van der Waals surface area contributed by atoms with Crippen LogP contribution in [-0.2, 0) is 30.2 Å². The van der Waals surface area contributed by atoms with Crippen LogP contribution in [0.25, 0.3) is 11.2 Å². The van der Waals surface area contributed by atoms with Crippen LogP contribution in [0, 0.1) is 0 Å². The van der Waals surface area contributed by atoms with E-state index in [1.165, 1.54) is 23.7 Å². The van der Waals surface area contributed by atoms with Gasteiger partial charge in [-0.15, -0.1) is 0 Å². The van der Waals surface area contributed by atoms with E-state index >= 15 is 0 Å². The van der Waals surface area contributed by atoms with E-state index in [9.17, 15) is 22.8 Å². The Balaban J connectivity index is 1.86. The van der Waals surface area contributed by atoms with Gasteiger partial charge in [-0.25, -0.2) is 13.2 Å². The first kappa shape index (κ1) is 27.3. The molecule has 3 aromatic rings. The Labute approximate surface area is 220 Å². The summed E-state index contributed by atoms with van der Waals surface area (Å²) in [5, 5.41) is 0. The lowest BCUT2D eigenvalue weighted by atomic mass is 10.1. The normalized spacial score (nSPS) is 16.0. The summed E-state index contributed by atoms with van der Waals surface area (Å²) in [7, 11) is -2.15. The number of Topliss-reactive ketones (excluding diaryl/α,β-unsaturated/α-hetero) is 1. The summed E-state index contributed by atoms with van der Waals surface area (Å²) in [5.41, 5.74) is 6.45. The highest BCUT2D eigenvalue weighted by Gasteiger charge is 2.27. The van der Waals surface area contributed by atoms with Crippen LogP contribution < -0.4 is 26.6 Å². The lowest BCUT2D eigenvalue weighted by Crippen LogP contribution is -2.44. The maximum Gasteiger partial charge on any atom is 0.332 e. The molecule has 0 amide bonds. The second-order valence-electron chi connectivity index (χ2n) is 9.90. The summed E-state index contributed by atoms with van der Waals surface area (Å²) >= 11 is 0. The number of rotatable bonds is 8. The summed E-state index contributed by atoms with van der Waals surface area (Å²) in [6.07, 6.45) is 4.71. The van der Waals surface area contributed by atoms with Gasteiger partial charge in [-0.3, -0.25) is 23.4 Å². The van der Waals surface area contributed by atoms with Crippen molar-refractivity contribution in [3.63, 3.8) is 0 Å². The first-order valence-electron chi connectivity index (χ1n) is 12.3. The van der Waals surface area contributed by atoms with Crippen molar-refractivity contribution in [2.75, 3.05) is 29.0 Å². The van der Waals surface area contributed by atoms with Crippen molar-refractivity contribution in [2.24, 2.45) is 12.8 Å². The number of fused-ring (bicyclic) bond motifs is 1. The van der Waals surface area contributed by atoms with Crippen molar-refractivity contribution in [2.45, 2.75) is 45.8 Å². The fourth-order valence-electron chi connectivity index (χ4n) is 4.62. The Morgan fingerprint density at radius 2 is 1.92 bits per heavy atom. The van der Waals surface area contributed by atoms with E-state index in [0.29, 0.717) is 19.0 Å². The van der Waals surface area contributed by atoms with Crippen LogP contribution in [-0.4, -0.2) is 58.3 Å². The van der Waals surface area contributed by atoms with Crippen LogP contribution in [0.5, 0.6) is 0 Å². The van der Waals surface area contributed by atoms with E-state index in [0.717, 1.165) is 35.8 Å². The average Bonchev–Trinajstić information content (AvgIpc) is 3.23. The summed E-state index contributed by atoms with van der Waals surface area (Å²) in [6, 6.07) is 6.02. The third kappa shape index (κ3) is 5.58. The SMILES string of the molecule is CC(C)=CCn1c(N2CCCC(N)C2)nc2c1c(=O)n(CC(=O)c1ccccc1NS(C)(=O)=O)c(=O)n2C. The fraction of sp³-hybridized carbons (Fsp3) is 0.440. The van der Waals surface area contributed by atoms with Crippen LogP contribution >= 0.6 is 0 Å². The van der Waals surface area contributed by atoms with Gasteiger partial charge in [0.15, 0.2) is 16.9 Å². The lowest BCUT2D eigenvalue weighted by Gasteiger charge is -2.31. The molecule has 1 unspecified atom stereocenters. The number of para-hydroxylation sites is 1. The maximum absolute atomic E-state index is 13.8. The van der Waals surface area contributed by atoms with Crippen molar-refractivity contribution in [1.29, 1.82) is 0 Å². The number of nitrogens with two attached hydrogens (primary N) is 1. The van der Waals surface area contributed by atoms with E-state index < -0.39 is 33.6 Å². The number of sulfonamides is 1. The highest BCUT2D eigenvalue weighted by molar-refractivity contribution is 7.92.